The number of pyridine rings is 1. The Morgan fingerprint density at radius 3 is 2.77 bits per heavy atom. The SMILES string of the molecule is Clc1ccccc1Nc1cnnc(NCc2cccnc2)n1. The predicted octanol–water partition coefficient (Wildman–Crippen LogP) is 3.28. The van der Waals surface area contributed by atoms with Gasteiger partial charge in [0.2, 0.25) is 5.95 Å². The molecule has 0 fully saturated rings. The van der Waals surface area contributed by atoms with Crippen LogP contribution in [0.3, 0.4) is 0 Å². The van der Waals surface area contributed by atoms with E-state index >= 15 is 0 Å². The molecular weight excluding hydrogens is 300 g/mol. The van der Waals surface area contributed by atoms with Crippen molar-refractivity contribution in [1.29, 1.82) is 0 Å². The number of rotatable bonds is 5. The normalized spacial score (nSPS) is 10.2. The molecule has 0 bridgehead atoms. The molecule has 3 aromatic rings. The van der Waals surface area contributed by atoms with E-state index in [2.05, 4.69) is 30.8 Å². The maximum Gasteiger partial charge on any atom is 0.244 e. The summed E-state index contributed by atoms with van der Waals surface area (Å²) in [6.07, 6.45) is 5.06. The van der Waals surface area contributed by atoms with Crippen molar-refractivity contribution in [2.24, 2.45) is 0 Å². The smallest absolute Gasteiger partial charge is 0.244 e. The van der Waals surface area contributed by atoms with Gasteiger partial charge in [0, 0.05) is 18.9 Å². The molecule has 0 saturated carbocycles. The van der Waals surface area contributed by atoms with Gasteiger partial charge in [-0.1, -0.05) is 29.8 Å². The number of aromatic nitrogens is 4. The van der Waals surface area contributed by atoms with Gasteiger partial charge in [0.25, 0.3) is 0 Å². The second-order valence-electron chi connectivity index (χ2n) is 4.48. The summed E-state index contributed by atoms with van der Waals surface area (Å²) in [6.45, 7) is 0.574. The van der Waals surface area contributed by atoms with E-state index in [1.807, 2.05) is 30.3 Å². The van der Waals surface area contributed by atoms with Gasteiger partial charge < -0.3 is 10.6 Å². The van der Waals surface area contributed by atoms with Crippen LogP contribution in [-0.2, 0) is 6.54 Å². The summed E-state index contributed by atoms with van der Waals surface area (Å²) in [7, 11) is 0. The average molecular weight is 313 g/mol. The summed E-state index contributed by atoms with van der Waals surface area (Å²) in [5.74, 6) is 0.998. The van der Waals surface area contributed by atoms with E-state index in [4.69, 9.17) is 11.6 Å². The Morgan fingerprint density at radius 1 is 1.05 bits per heavy atom. The Morgan fingerprint density at radius 2 is 1.95 bits per heavy atom. The van der Waals surface area contributed by atoms with Gasteiger partial charge >= 0.3 is 0 Å². The molecule has 6 nitrogen and oxygen atoms in total. The predicted molar refractivity (Wildman–Crippen MR) is 86.1 cm³/mol. The lowest BCUT2D eigenvalue weighted by Crippen LogP contribution is -2.06. The highest BCUT2D eigenvalue weighted by Crippen LogP contribution is 2.23. The third-order valence-electron chi connectivity index (χ3n) is 2.87. The van der Waals surface area contributed by atoms with Crippen LogP contribution >= 0.6 is 11.6 Å². The Balaban J connectivity index is 1.69. The quantitative estimate of drug-likeness (QED) is 0.753. The summed E-state index contributed by atoms with van der Waals surface area (Å²) >= 11 is 6.11. The van der Waals surface area contributed by atoms with E-state index in [9.17, 15) is 0 Å². The number of benzene rings is 1. The number of hydrogen-bond acceptors (Lipinski definition) is 6. The van der Waals surface area contributed by atoms with Crippen molar-refractivity contribution < 1.29 is 0 Å². The molecule has 0 saturated heterocycles. The fourth-order valence-corrected chi connectivity index (χ4v) is 2.01. The number of para-hydroxylation sites is 1. The number of anilines is 3. The Bertz CT molecular complexity index is 750. The van der Waals surface area contributed by atoms with E-state index in [-0.39, 0.29) is 0 Å². The molecule has 0 aliphatic rings. The minimum Gasteiger partial charge on any atom is -0.349 e. The zero-order valence-corrected chi connectivity index (χ0v) is 12.3. The zero-order chi connectivity index (χ0) is 15.2. The third kappa shape index (κ3) is 3.67. The lowest BCUT2D eigenvalue weighted by Gasteiger charge is -2.08. The van der Waals surface area contributed by atoms with Crippen LogP contribution in [0.5, 0.6) is 0 Å². The van der Waals surface area contributed by atoms with Crippen LogP contribution in [0.15, 0.2) is 55.0 Å². The van der Waals surface area contributed by atoms with Crippen molar-refractivity contribution in [3.63, 3.8) is 0 Å². The molecule has 0 unspecified atom stereocenters. The molecule has 110 valence electrons. The summed E-state index contributed by atoms with van der Waals surface area (Å²) in [5.41, 5.74) is 1.80. The topological polar surface area (TPSA) is 75.6 Å². The molecule has 0 aliphatic carbocycles. The molecule has 0 amide bonds. The average Bonchev–Trinajstić information content (AvgIpc) is 2.57. The van der Waals surface area contributed by atoms with Crippen molar-refractivity contribution in [1.82, 2.24) is 20.2 Å². The van der Waals surface area contributed by atoms with Gasteiger partial charge in [0.05, 0.1) is 16.9 Å². The van der Waals surface area contributed by atoms with Crippen molar-refractivity contribution in [3.8, 4) is 0 Å². The van der Waals surface area contributed by atoms with Gasteiger partial charge in [-0.2, -0.15) is 10.1 Å². The van der Waals surface area contributed by atoms with Crippen LogP contribution in [0.25, 0.3) is 0 Å². The molecule has 0 spiro atoms. The van der Waals surface area contributed by atoms with E-state index < -0.39 is 0 Å². The first-order chi connectivity index (χ1) is 10.8. The van der Waals surface area contributed by atoms with Gasteiger partial charge in [0.15, 0.2) is 5.82 Å². The maximum absolute atomic E-state index is 6.11. The monoisotopic (exact) mass is 312 g/mol. The van der Waals surface area contributed by atoms with E-state index in [1.54, 1.807) is 24.7 Å². The summed E-state index contributed by atoms with van der Waals surface area (Å²) in [4.78, 5) is 8.41. The minimum atomic E-state index is 0.431. The minimum absolute atomic E-state index is 0.431. The standard InChI is InChI=1S/C15H13ClN6/c16-12-5-1-2-6-13(12)20-14-10-19-22-15(21-14)18-9-11-4-3-7-17-8-11/h1-8,10H,9H2,(H2,18,20,21,22). The number of hydrogen-bond donors (Lipinski definition) is 2. The van der Waals surface area contributed by atoms with Crippen molar-refractivity contribution in [2.75, 3.05) is 10.6 Å². The van der Waals surface area contributed by atoms with E-state index in [0.29, 0.717) is 23.3 Å². The molecule has 2 heterocycles. The third-order valence-corrected chi connectivity index (χ3v) is 3.20. The van der Waals surface area contributed by atoms with Crippen LogP contribution < -0.4 is 10.6 Å². The Labute approximate surface area is 132 Å². The van der Waals surface area contributed by atoms with Crippen LogP contribution in [0.4, 0.5) is 17.5 Å². The van der Waals surface area contributed by atoms with Crippen molar-refractivity contribution in [2.45, 2.75) is 6.54 Å². The van der Waals surface area contributed by atoms with Crippen LogP contribution in [0.2, 0.25) is 5.02 Å². The maximum atomic E-state index is 6.11. The molecule has 0 aliphatic heterocycles. The van der Waals surface area contributed by atoms with Crippen LogP contribution in [-0.4, -0.2) is 20.2 Å². The van der Waals surface area contributed by atoms with Gasteiger partial charge in [-0.15, -0.1) is 5.10 Å². The highest BCUT2D eigenvalue weighted by atomic mass is 35.5. The lowest BCUT2D eigenvalue weighted by molar-refractivity contribution is 0.946. The molecule has 0 atom stereocenters. The van der Waals surface area contributed by atoms with Crippen molar-refractivity contribution >= 4 is 29.1 Å². The number of nitrogens with one attached hydrogen (secondary N) is 2. The molecule has 2 aromatic heterocycles. The van der Waals surface area contributed by atoms with Crippen LogP contribution in [0, 0.1) is 0 Å². The first-order valence-corrected chi connectivity index (χ1v) is 7.03. The largest absolute Gasteiger partial charge is 0.349 e. The molecule has 3 rings (SSSR count). The molecule has 2 N–H and O–H groups in total. The van der Waals surface area contributed by atoms with E-state index in [0.717, 1.165) is 11.3 Å². The van der Waals surface area contributed by atoms with Gasteiger partial charge in [-0.25, -0.2) is 0 Å². The summed E-state index contributed by atoms with van der Waals surface area (Å²) in [5, 5.41) is 14.7. The molecule has 0 radical (unpaired) electrons. The summed E-state index contributed by atoms with van der Waals surface area (Å²) in [6, 6.07) is 11.3. The molecule has 7 heteroatoms. The van der Waals surface area contributed by atoms with Crippen molar-refractivity contribution in [3.05, 3.63) is 65.6 Å². The van der Waals surface area contributed by atoms with Gasteiger partial charge in [0.1, 0.15) is 0 Å². The number of nitrogens with zero attached hydrogens (tertiary/aromatic N) is 4. The molecule has 22 heavy (non-hydrogen) atoms. The molecular formula is C15H13ClN6. The van der Waals surface area contributed by atoms with Crippen LogP contribution in [0.1, 0.15) is 5.56 Å². The highest BCUT2D eigenvalue weighted by Gasteiger charge is 2.03. The number of halogens is 1. The fourth-order valence-electron chi connectivity index (χ4n) is 1.82. The molecule has 1 aromatic carbocycles. The Kier molecular flexibility index (Phi) is 4.41. The van der Waals surface area contributed by atoms with Gasteiger partial charge in [-0.3, -0.25) is 4.98 Å². The van der Waals surface area contributed by atoms with E-state index in [1.165, 1.54) is 0 Å². The summed E-state index contributed by atoms with van der Waals surface area (Å²) < 4.78 is 0. The zero-order valence-electron chi connectivity index (χ0n) is 11.6. The lowest BCUT2D eigenvalue weighted by atomic mass is 10.3. The Hall–Kier alpha value is -2.73. The second-order valence-corrected chi connectivity index (χ2v) is 4.89. The van der Waals surface area contributed by atoms with Gasteiger partial charge in [-0.05, 0) is 23.8 Å². The highest BCUT2D eigenvalue weighted by molar-refractivity contribution is 6.33. The second kappa shape index (κ2) is 6.82. The first-order valence-electron chi connectivity index (χ1n) is 6.65. The fraction of sp³-hybridized carbons (Fsp3) is 0.0667. The first kappa shape index (κ1) is 14.2.